The first-order valence-electron chi connectivity index (χ1n) is 13.6. The van der Waals surface area contributed by atoms with E-state index in [1.807, 2.05) is 12.1 Å². The molecule has 0 heterocycles. The Bertz CT molecular complexity index is 734. The van der Waals surface area contributed by atoms with Crippen molar-refractivity contribution in [2.45, 2.75) is 115 Å². The zero-order chi connectivity index (χ0) is 22.6. The van der Waals surface area contributed by atoms with Gasteiger partial charge in [0.2, 0.25) is 0 Å². The number of alkyl halides is 1. The van der Waals surface area contributed by atoms with E-state index in [2.05, 4.69) is 28.9 Å². The standard InChI is InChI=1S/C29H45BrO2/c1-29-17-16-25-24-15-13-23(31)19-21(24)12-14-26(25)27(29)20-22(28(29)32)11-9-7-5-3-2-4-6-8-10-18-30/h13,15,19,22,25-28,31-32H,2-12,14,16-18,20H2,1H3/t22-,25+,26+,27-,28-,29-/m0/s1. The lowest BCUT2D eigenvalue weighted by molar-refractivity contribution is -0.0335. The first-order valence-corrected chi connectivity index (χ1v) is 14.7. The number of aryl methyl sites for hydroxylation is 1. The molecule has 1 aromatic carbocycles. The fourth-order valence-electron chi connectivity index (χ4n) is 7.74. The van der Waals surface area contributed by atoms with Gasteiger partial charge < -0.3 is 10.2 Å². The van der Waals surface area contributed by atoms with E-state index in [4.69, 9.17) is 0 Å². The number of aliphatic hydroxyl groups excluding tert-OH is 1. The molecular formula is C29H45BrO2. The monoisotopic (exact) mass is 504 g/mol. The molecule has 2 N–H and O–H groups in total. The van der Waals surface area contributed by atoms with Crippen LogP contribution >= 0.6 is 15.9 Å². The maximum absolute atomic E-state index is 11.4. The van der Waals surface area contributed by atoms with Gasteiger partial charge in [0.05, 0.1) is 6.10 Å². The molecule has 3 aliphatic carbocycles. The minimum atomic E-state index is -0.107. The van der Waals surface area contributed by atoms with E-state index >= 15 is 0 Å². The average Bonchev–Trinajstić information content (AvgIpc) is 3.05. The van der Waals surface area contributed by atoms with E-state index in [0.29, 0.717) is 23.5 Å². The molecule has 2 saturated carbocycles. The van der Waals surface area contributed by atoms with Gasteiger partial charge in [0.1, 0.15) is 5.75 Å². The van der Waals surface area contributed by atoms with E-state index in [1.54, 1.807) is 0 Å². The highest BCUT2D eigenvalue weighted by molar-refractivity contribution is 9.09. The summed E-state index contributed by atoms with van der Waals surface area (Å²) in [6.45, 7) is 2.40. The zero-order valence-electron chi connectivity index (χ0n) is 20.2. The molecule has 0 aliphatic heterocycles. The quantitative estimate of drug-likeness (QED) is 0.235. The Morgan fingerprint density at radius 3 is 2.38 bits per heavy atom. The van der Waals surface area contributed by atoms with E-state index in [9.17, 15) is 10.2 Å². The molecule has 0 amide bonds. The number of phenolic OH excluding ortho intramolecular Hbond substituents is 1. The summed E-state index contributed by atoms with van der Waals surface area (Å²) >= 11 is 3.52. The highest BCUT2D eigenvalue weighted by Gasteiger charge is 2.57. The van der Waals surface area contributed by atoms with Gasteiger partial charge >= 0.3 is 0 Å². The molecule has 0 saturated heterocycles. The predicted octanol–water partition coefficient (Wildman–Crippen LogP) is 8.13. The van der Waals surface area contributed by atoms with Crippen molar-refractivity contribution >= 4 is 15.9 Å². The summed E-state index contributed by atoms with van der Waals surface area (Å²) in [5.41, 5.74) is 2.98. The minimum Gasteiger partial charge on any atom is -0.508 e. The van der Waals surface area contributed by atoms with Gasteiger partial charge in [-0.15, -0.1) is 0 Å². The predicted molar refractivity (Wildman–Crippen MR) is 138 cm³/mol. The van der Waals surface area contributed by atoms with Gasteiger partial charge in [-0.05, 0) is 97.3 Å². The van der Waals surface area contributed by atoms with Crippen LogP contribution in [0, 0.1) is 23.2 Å². The number of fused-ring (bicyclic) bond motifs is 5. The van der Waals surface area contributed by atoms with Crippen molar-refractivity contribution in [1.29, 1.82) is 0 Å². The third kappa shape index (κ3) is 5.24. The van der Waals surface area contributed by atoms with Gasteiger partial charge in [0.25, 0.3) is 0 Å². The van der Waals surface area contributed by atoms with Crippen LogP contribution in [0.2, 0.25) is 0 Å². The second-order valence-corrected chi connectivity index (χ2v) is 12.2. The molecule has 0 aromatic heterocycles. The SMILES string of the molecule is C[C@]12CC[C@@H]3c4ccc(O)cc4CC[C@H]3[C@@H]1C[C@H](CCCCCCCCCCCBr)[C@@H]2O. The van der Waals surface area contributed by atoms with Gasteiger partial charge in [-0.25, -0.2) is 0 Å². The molecule has 0 spiro atoms. The summed E-state index contributed by atoms with van der Waals surface area (Å²) in [7, 11) is 0. The number of halogens is 1. The van der Waals surface area contributed by atoms with Crippen molar-refractivity contribution < 1.29 is 10.2 Å². The Kier molecular flexibility index (Phi) is 8.65. The van der Waals surface area contributed by atoms with E-state index in [-0.39, 0.29) is 11.5 Å². The normalized spacial score (nSPS) is 33.5. The Labute approximate surface area is 204 Å². The van der Waals surface area contributed by atoms with Crippen LogP contribution < -0.4 is 0 Å². The van der Waals surface area contributed by atoms with Gasteiger partial charge in [0, 0.05) is 5.33 Å². The van der Waals surface area contributed by atoms with Gasteiger partial charge in [-0.2, -0.15) is 0 Å². The zero-order valence-corrected chi connectivity index (χ0v) is 21.8. The number of aromatic hydroxyl groups is 1. The molecule has 180 valence electrons. The fraction of sp³-hybridized carbons (Fsp3) is 0.793. The van der Waals surface area contributed by atoms with Crippen LogP contribution in [0.5, 0.6) is 5.75 Å². The third-order valence-electron chi connectivity index (χ3n) is 9.54. The van der Waals surface area contributed by atoms with Crippen molar-refractivity contribution in [2.24, 2.45) is 23.2 Å². The molecule has 1 aromatic rings. The van der Waals surface area contributed by atoms with Crippen molar-refractivity contribution in [3.63, 3.8) is 0 Å². The van der Waals surface area contributed by atoms with E-state index in [0.717, 1.165) is 24.1 Å². The van der Waals surface area contributed by atoms with Crippen LogP contribution in [0.3, 0.4) is 0 Å². The third-order valence-corrected chi connectivity index (χ3v) is 10.1. The summed E-state index contributed by atoms with van der Waals surface area (Å²) in [5, 5.41) is 22.4. The maximum atomic E-state index is 11.4. The largest absolute Gasteiger partial charge is 0.508 e. The second kappa shape index (κ2) is 11.3. The topological polar surface area (TPSA) is 40.5 Å². The van der Waals surface area contributed by atoms with Gasteiger partial charge in [0.15, 0.2) is 0 Å². The van der Waals surface area contributed by atoms with Crippen LogP contribution in [0.25, 0.3) is 0 Å². The molecule has 4 rings (SSSR count). The van der Waals surface area contributed by atoms with Crippen LogP contribution in [0.1, 0.15) is 114 Å². The lowest BCUT2D eigenvalue weighted by Crippen LogP contribution is -2.44. The molecule has 32 heavy (non-hydrogen) atoms. The summed E-state index contributed by atoms with van der Waals surface area (Å²) in [5.74, 6) is 2.94. The number of unbranched alkanes of at least 4 members (excludes halogenated alkanes) is 8. The van der Waals surface area contributed by atoms with E-state index < -0.39 is 0 Å². The van der Waals surface area contributed by atoms with E-state index in [1.165, 1.54) is 94.6 Å². The van der Waals surface area contributed by atoms with Crippen LogP contribution in [-0.4, -0.2) is 21.6 Å². The molecule has 6 atom stereocenters. The summed E-state index contributed by atoms with van der Waals surface area (Å²) in [6, 6.07) is 6.06. The highest BCUT2D eigenvalue weighted by atomic mass is 79.9. The molecule has 0 unspecified atom stereocenters. The number of aliphatic hydroxyl groups is 1. The molecule has 3 heteroatoms. The molecule has 0 bridgehead atoms. The van der Waals surface area contributed by atoms with Crippen molar-refractivity contribution in [3.8, 4) is 5.75 Å². The summed E-state index contributed by atoms with van der Waals surface area (Å²) in [6.07, 6.45) is 19.3. The lowest BCUT2D eigenvalue weighted by Gasteiger charge is -2.50. The first-order chi connectivity index (χ1) is 15.5. The minimum absolute atomic E-state index is 0.107. The molecular weight excluding hydrogens is 460 g/mol. The van der Waals surface area contributed by atoms with Crippen molar-refractivity contribution in [3.05, 3.63) is 29.3 Å². The number of hydrogen-bond acceptors (Lipinski definition) is 2. The Morgan fingerprint density at radius 1 is 0.969 bits per heavy atom. The molecule has 2 nitrogen and oxygen atoms in total. The number of rotatable bonds is 11. The van der Waals surface area contributed by atoms with Crippen LogP contribution in [-0.2, 0) is 6.42 Å². The summed E-state index contributed by atoms with van der Waals surface area (Å²) < 4.78 is 0. The first kappa shape index (κ1) is 24.6. The Balaban J connectivity index is 1.24. The van der Waals surface area contributed by atoms with Gasteiger partial charge in [-0.1, -0.05) is 80.3 Å². The second-order valence-electron chi connectivity index (χ2n) is 11.4. The Morgan fingerprint density at radius 2 is 1.66 bits per heavy atom. The average molecular weight is 506 g/mol. The summed E-state index contributed by atoms with van der Waals surface area (Å²) in [4.78, 5) is 0. The van der Waals surface area contributed by atoms with Crippen molar-refractivity contribution in [2.75, 3.05) is 5.33 Å². The fourth-order valence-corrected chi connectivity index (χ4v) is 8.13. The maximum Gasteiger partial charge on any atom is 0.115 e. The van der Waals surface area contributed by atoms with Gasteiger partial charge in [-0.3, -0.25) is 0 Å². The number of hydrogen-bond donors (Lipinski definition) is 2. The number of phenols is 1. The van der Waals surface area contributed by atoms with Crippen LogP contribution in [0.4, 0.5) is 0 Å². The molecule has 3 aliphatic rings. The highest BCUT2D eigenvalue weighted by Crippen LogP contribution is 2.62. The van der Waals surface area contributed by atoms with Crippen molar-refractivity contribution in [1.82, 2.24) is 0 Å². The Hall–Kier alpha value is -0.540. The van der Waals surface area contributed by atoms with Crippen LogP contribution in [0.15, 0.2) is 18.2 Å². The smallest absolute Gasteiger partial charge is 0.115 e. The molecule has 2 fully saturated rings. The molecule has 0 radical (unpaired) electrons. The number of benzene rings is 1. The lowest BCUT2D eigenvalue weighted by atomic mass is 9.55.